The first-order chi connectivity index (χ1) is 32.6. The molecule has 0 aliphatic carbocycles. The van der Waals surface area contributed by atoms with Crippen LogP contribution in [-0.2, 0) is 64.5 Å². The molecule has 31 heteroatoms. The smallest absolute Gasteiger partial charge is 0.871 e. The zero-order chi connectivity index (χ0) is 49.6. The second-order valence-corrected chi connectivity index (χ2v) is 18.6. The van der Waals surface area contributed by atoms with E-state index in [0.717, 1.165) is 47.1 Å². The third kappa shape index (κ3) is 14.1. The van der Waals surface area contributed by atoms with Gasteiger partial charge in [-0.15, -0.1) is 15.9 Å². The van der Waals surface area contributed by atoms with Crippen molar-refractivity contribution in [3.63, 3.8) is 0 Å². The molecule has 7 aromatic carbocycles. The zero-order valence-electron chi connectivity index (χ0n) is 38.2. The first kappa shape index (κ1) is 63.8. The van der Waals surface area contributed by atoms with E-state index in [4.69, 9.17) is 0 Å². The quantitative estimate of drug-likeness (QED) is 0.0514. The molecule has 0 aliphatic rings. The van der Waals surface area contributed by atoms with Gasteiger partial charge in [0, 0.05) is 27.7 Å². The van der Waals surface area contributed by atoms with E-state index >= 15 is 0 Å². The Kier molecular flexibility index (Phi) is 22.0. The van der Waals surface area contributed by atoms with Gasteiger partial charge in [0.1, 0.15) is 35.9 Å². The Labute approximate surface area is 506 Å². The van der Waals surface area contributed by atoms with Crippen molar-refractivity contribution < 1.29 is 182 Å². The van der Waals surface area contributed by atoms with Crippen molar-refractivity contribution in [3.05, 3.63) is 143 Å². The maximum Gasteiger partial charge on any atom is 2.00 e. The molecule has 74 heavy (non-hydrogen) atoms. The summed E-state index contributed by atoms with van der Waals surface area (Å²) in [6, 6.07) is 25.5. The van der Waals surface area contributed by atoms with Crippen LogP contribution in [0.1, 0.15) is 16.1 Å². The summed E-state index contributed by atoms with van der Waals surface area (Å²) >= 11 is 0. The summed E-state index contributed by atoms with van der Waals surface area (Å²) < 4.78 is 109. The van der Waals surface area contributed by atoms with E-state index in [2.05, 4.69) is 41.1 Å². The van der Waals surface area contributed by atoms with Crippen molar-refractivity contribution in [3.8, 4) is 17.2 Å². The minimum atomic E-state index is -5.38. The van der Waals surface area contributed by atoms with Gasteiger partial charge in [-0.3, -0.25) is 0 Å². The molecular weight excluding hydrogens is 1160 g/mol. The molecule has 0 bridgehead atoms. The van der Waals surface area contributed by atoms with Gasteiger partial charge < -0.3 is 49.0 Å². The fourth-order valence-electron chi connectivity index (χ4n) is 6.76. The van der Waals surface area contributed by atoms with E-state index in [-0.39, 0.29) is 173 Å². The fraction of sp³-hybridized carbons (Fsp3) is 0.0233. The number of carboxylic acid groups (broad SMARTS) is 1. The summed E-state index contributed by atoms with van der Waals surface area (Å²) in [7, 11) is -15.5. The number of aromatic carboxylic acids is 1. The number of carboxylic acids is 1. The minimum absolute atomic E-state index is 0. The molecule has 1 heterocycles. The number of anilines is 2. The largest absolute Gasteiger partial charge is 2.00 e. The van der Waals surface area contributed by atoms with E-state index in [1.165, 1.54) is 49.4 Å². The van der Waals surface area contributed by atoms with Gasteiger partial charge in [0.2, 0.25) is 0 Å². The van der Waals surface area contributed by atoms with Gasteiger partial charge in [-0.2, -0.15) is 15.3 Å². The van der Waals surface area contributed by atoms with Crippen LogP contribution >= 0.6 is 0 Å². The molecule has 0 amide bonds. The van der Waals surface area contributed by atoms with E-state index in [1.807, 2.05) is 0 Å². The summed E-state index contributed by atoms with van der Waals surface area (Å²) in [6.07, 6.45) is 0. The minimum Gasteiger partial charge on any atom is -0.871 e. The van der Waals surface area contributed by atoms with Crippen molar-refractivity contribution in [1.82, 2.24) is 9.78 Å². The molecule has 8 aromatic rings. The van der Waals surface area contributed by atoms with E-state index in [9.17, 15) is 63.8 Å². The first-order valence-electron chi connectivity index (χ1n) is 19.3. The van der Waals surface area contributed by atoms with Gasteiger partial charge in [-0.05, 0) is 102 Å². The van der Waals surface area contributed by atoms with Crippen LogP contribution in [0.15, 0.2) is 171 Å². The molecule has 0 spiro atoms. The Morgan fingerprint density at radius 2 is 1.23 bits per heavy atom. The van der Waals surface area contributed by atoms with E-state index < -0.39 is 90.7 Å². The molecule has 2 radical (unpaired) electrons. The average Bonchev–Trinajstić information content (AvgIpc) is 3.58. The predicted octanol–water partition coefficient (Wildman–Crippen LogP) is -3.21. The molecule has 368 valence electrons. The summed E-state index contributed by atoms with van der Waals surface area (Å²) in [5, 5.41) is 69.1. The number of aromatic nitrogens is 2. The molecule has 23 nitrogen and oxygen atoms in total. The average molecular weight is 1180 g/mol. The van der Waals surface area contributed by atoms with E-state index in [0.29, 0.717) is 17.4 Å². The number of hydrogen-bond acceptors (Lipinski definition) is 22. The molecule has 1 aromatic heterocycles. The third-order valence-corrected chi connectivity index (χ3v) is 12.5. The number of nitrogens with one attached hydrogen (secondary N) is 1. The number of benzene rings is 7. The molecular formula is C43H24Cu2N9Na3O14S3. The summed E-state index contributed by atoms with van der Waals surface area (Å²) in [6.45, 7) is 1.39. The van der Waals surface area contributed by atoms with Crippen LogP contribution < -0.4 is 115 Å². The second-order valence-electron chi connectivity index (χ2n) is 14.5. The maximum absolute atomic E-state index is 13.7. The normalized spacial score (nSPS) is 11.7. The monoisotopic (exact) mass is 1180 g/mol. The topological polar surface area (TPSA) is 379 Å². The number of carbonyl (C=O) groups excluding carboxylic acids is 1. The number of fused-ring (bicyclic) bond motifs is 2. The van der Waals surface area contributed by atoms with Gasteiger partial charge in [0.25, 0.3) is 0 Å². The Balaban J connectivity index is 0.00000289. The predicted molar refractivity (Wildman–Crippen MR) is 234 cm³/mol. The van der Waals surface area contributed by atoms with Crippen LogP contribution in [0.3, 0.4) is 0 Å². The summed E-state index contributed by atoms with van der Waals surface area (Å²) in [5.74, 6) is -3.83. The summed E-state index contributed by atoms with van der Waals surface area (Å²) in [5.41, 5.74) is -2.70. The van der Waals surface area contributed by atoms with Crippen LogP contribution in [0.25, 0.3) is 27.2 Å². The summed E-state index contributed by atoms with van der Waals surface area (Å²) in [4.78, 5) is 22.3. The van der Waals surface area contributed by atoms with Crippen LogP contribution in [0.5, 0.6) is 11.5 Å². The van der Waals surface area contributed by atoms with Crippen LogP contribution in [-0.4, -0.2) is 54.7 Å². The molecule has 0 aliphatic heterocycles. The third-order valence-electron chi connectivity index (χ3n) is 10.0. The number of aryl methyl sites for hydroxylation is 1. The second kappa shape index (κ2) is 25.6. The first-order valence-corrected chi connectivity index (χ1v) is 23.5. The van der Waals surface area contributed by atoms with E-state index in [1.54, 1.807) is 30.3 Å². The number of rotatable bonds is 13. The van der Waals surface area contributed by atoms with Crippen LogP contribution in [0.2, 0.25) is 0 Å². The number of carbonyl (C=O) groups is 1. The molecule has 8 rings (SSSR count). The Hall–Kier alpha value is -4.49. The van der Waals surface area contributed by atoms with Gasteiger partial charge in [0.05, 0.1) is 54.8 Å². The molecule has 1 N–H and O–H groups in total. The van der Waals surface area contributed by atoms with Crippen molar-refractivity contribution >= 4 is 103 Å². The SMILES string of the molecule is Cc1nn(-c2ccc(N=Nc3cc([O-])c(N=Nc4c(S(=O)(=O)[O-])cc5cc(Nc6ccccc6)ccc5c4[O-])c4ccc(S(=O)(=O)[O-])cc34)cc2)c(=O)[c-]1N=Nc1ccc(S(=O)(=O)[O-])cc1C(=O)[O-].[Cu+2].[Cu+2].[Na+].[Na+].[Na+]. The molecule has 0 saturated carbocycles. The molecule has 0 atom stereocenters. The van der Waals surface area contributed by atoms with Crippen molar-refractivity contribution in [2.75, 3.05) is 5.32 Å². The number of nitrogens with zero attached hydrogens (tertiary/aromatic N) is 8. The molecule has 0 saturated heterocycles. The maximum atomic E-state index is 13.7. The Morgan fingerprint density at radius 3 is 1.85 bits per heavy atom. The number of azo groups is 3. The fourth-order valence-corrected chi connectivity index (χ4v) is 8.40. The van der Waals surface area contributed by atoms with Crippen LogP contribution in [0.4, 0.5) is 45.5 Å². The van der Waals surface area contributed by atoms with Crippen molar-refractivity contribution in [2.45, 2.75) is 21.6 Å². The van der Waals surface area contributed by atoms with Crippen molar-refractivity contribution in [2.24, 2.45) is 30.7 Å². The van der Waals surface area contributed by atoms with Crippen molar-refractivity contribution in [1.29, 1.82) is 0 Å². The van der Waals surface area contributed by atoms with Gasteiger partial charge in [-0.25, -0.2) is 35.0 Å². The Morgan fingerprint density at radius 1 is 0.622 bits per heavy atom. The number of para-hydroxylation sites is 1. The van der Waals surface area contributed by atoms with Crippen LogP contribution in [0, 0.1) is 6.92 Å². The molecule has 0 unspecified atom stereocenters. The number of hydrogen-bond donors (Lipinski definition) is 1. The molecule has 0 fully saturated rings. The van der Waals surface area contributed by atoms with Gasteiger partial charge >= 0.3 is 123 Å². The standard InChI is InChI=1S/C43H30N9O14S3.2Cu.3Na/c1-22-38(48-46-34-16-13-29(68(61,62)63)20-33(34)43(56)57)42(55)52(51-22)27-10-7-25(8-11-27)45-47-35-21-36(53)39(31-15-12-28(19-32(31)35)67(58,59)60)49-50-40-37(69(64,65)66)18-23-17-26(9-14-30(23)41(40)54)44-24-5-3-2-4-6-24;;;;;/h2-21,44,53-54H,1H3,(H,56,57)(H,58,59,60)(H,61,62,63)(H,64,65,66);;;;;/q-1;2*+2;3*+1/p-6. The van der Waals surface area contributed by atoms with Gasteiger partial charge in [-0.1, -0.05) is 54.4 Å². The Bertz CT molecular complexity index is 3970. The van der Waals surface area contributed by atoms with Gasteiger partial charge in [0.15, 0.2) is 0 Å². The zero-order valence-corrected chi connectivity index (χ0v) is 48.5.